The average molecular weight is 486 g/mol. The van der Waals surface area contributed by atoms with Crippen LogP contribution in [0.4, 0.5) is 13.2 Å². The summed E-state index contributed by atoms with van der Waals surface area (Å²) < 4.78 is 49.5. The van der Waals surface area contributed by atoms with Crippen molar-refractivity contribution in [3.05, 3.63) is 101 Å². The summed E-state index contributed by atoms with van der Waals surface area (Å²) in [5, 5.41) is 0. The molecule has 3 aromatic carbocycles. The zero-order chi connectivity index (χ0) is 22.0. The Morgan fingerprint density at radius 2 is 1.48 bits per heavy atom. The summed E-state index contributed by atoms with van der Waals surface area (Å²) in [7, 11) is 1.61. The van der Waals surface area contributed by atoms with E-state index in [0.717, 1.165) is 27.2 Å². The van der Waals surface area contributed by atoms with Gasteiger partial charge in [0.05, 0.1) is 29.2 Å². The van der Waals surface area contributed by atoms with Crippen LogP contribution in [0.3, 0.4) is 0 Å². The maximum Gasteiger partial charge on any atom is 0.418 e. The van der Waals surface area contributed by atoms with E-state index in [2.05, 4.69) is 15.9 Å². The third-order valence-corrected chi connectivity index (χ3v) is 5.53. The monoisotopic (exact) mass is 485 g/mol. The highest BCUT2D eigenvalue weighted by Crippen LogP contribution is 2.39. The first-order valence-electron chi connectivity index (χ1n) is 9.61. The Kier molecular flexibility index (Phi) is 6.03. The standard InChI is InChI=1S/C25H19BrF3NO/c1-31-16-17-5-4-6-19(15-17)23-14-13-22(18-9-11-20(26)12-10-18)30(23)24-8-3-2-7-21(24)25(27,28)29/h2-15H,16H2,1H3. The fourth-order valence-electron chi connectivity index (χ4n) is 3.66. The van der Waals surface area contributed by atoms with Crippen molar-refractivity contribution in [3.63, 3.8) is 0 Å². The molecule has 31 heavy (non-hydrogen) atoms. The van der Waals surface area contributed by atoms with Gasteiger partial charge in [0.1, 0.15) is 0 Å². The number of ether oxygens (including phenoxy) is 1. The molecule has 0 N–H and O–H groups in total. The van der Waals surface area contributed by atoms with Crippen molar-refractivity contribution in [1.82, 2.24) is 4.57 Å². The molecular weight excluding hydrogens is 467 g/mol. The van der Waals surface area contributed by atoms with Crippen molar-refractivity contribution in [2.75, 3.05) is 7.11 Å². The molecule has 0 amide bonds. The average Bonchev–Trinajstić information content (AvgIpc) is 3.19. The second-order valence-electron chi connectivity index (χ2n) is 7.09. The molecule has 0 aliphatic heterocycles. The van der Waals surface area contributed by atoms with E-state index in [9.17, 15) is 13.2 Å². The van der Waals surface area contributed by atoms with Crippen LogP contribution in [0.5, 0.6) is 0 Å². The second-order valence-corrected chi connectivity index (χ2v) is 8.01. The number of para-hydroxylation sites is 1. The van der Waals surface area contributed by atoms with E-state index in [4.69, 9.17) is 4.74 Å². The lowest BCUT2D eigenvalue weighted by Crippen LogP contribution is -2.12. The lowest BCUT2D eigenvalue weighted by Gasteiger charge is -2.19. The predicted molar refractivity (Wildman–Crippen MR) is 120 cm³/mol. The molecule has 4 rings (SSSR count). The second kappa shape index (κ2) is 8.73. The van der Waals surface area contributed by atoms with Gasteiger partial charge in [-0.15, -0.1) is 0 Å². The number of aromatic nitrogens is 1. The van der Waals surface area contributed by atoms with Gasteiger partial charge >= 0.3 is 6.18 Å². The Bertz CT molecular complexity index is 1200. The van der Waals surface area contributed by atoms with E-state index in [1.165, 1.54) is 12.1 Å². The van der Waals surface area contributed by atoms with Gasteiger partial charge in [0.15, 0.2) is 0 Å². The van der Waals surface area contributed by atoms with Crippen LogP contribution in [0, 0.1) is 0 Å². The molecular formula is C25H19BrF3NO. The van der Waals surface area contributed by atoms with Crippen LogP contribution in [0.15, 0.2) is 89.4 Å². The molecule has 0 spiro atoms. The minimum atomic E-state index is -4.48. The SMILES string of the molecule is COCc1cccc(-c2ccc(-c3ccc(Br)cc3)n2-c2ccccc2C(F)(F)F)c1. The van der Waals surface area contributed by atoms with E-state index in [-0.39, 0.29) is 5.69 Å². The van der Waals surface area contributed by atoms with E-state index in [0.29, 0.717) is 18.0 Å². The van der Waals surface area contributed by atoms with Gasteiger partial charge in [0, 0.05) is 11.6 Å². The number of hydrogen-bond acceptors (Lipinski definition) is 1. The zero-order valence-corrected chi connectivity index (χ0v) is 18.2. The summed E-state index contributed by atoms with van der Waals surface area (Å²) in [6, 6.07) is 24.6. The van der Waals surface area contributed by atoms with Gasteiger partial charge in [-0.2, -0.15) is 13.2 Å². The van der Waals surface area contributed by atoms with E-state index in [1.807, 2.05) is 60.7 Å². The predicted octanol–water partition coefficient (Wildman–Crippen LogP) is 7.74. The highest BCUT2D eigenvalue weighted by Gasteiger charge is 2.34. The molecule has 1 aromatic heterocycles. The van der Waals surface area contributed by atoms with Gasteiger partial charge in [-0.05, 0) is 59.2 Å². The summed E-state index contributed by atoms with van der Waals surface area (Å²) in [4.78, 5) is 0. The Morgan fingerprint density at radius 1 is 0.806 bits per heavy atom. The molecule has 0 saturated carbocycles. The highest BCUT2D eigenvalue weighted by molar-refractivity contribution is 9.10. The Labute approximate surface area is 187 Å². The molecule has 0 radical (unpaired) electrons. The summed E-state index contributed by atoms with van der Waals surface area (Å²) in [6.07, 6.45) is -4.48. The minimum absolute atomic E-state index is 0.0880. The number of nitrogens with zero attached hydrogens (tertiary/aromatic N) is 1. The van der Waals surface area contributed by atoms with E-state index in [1.54, 1.807) is 17.7 Å². The van der Waals surface area contributed by atoms with Crippen molar-refractivity contribution in [2.24, 2.45) is 0 Å². The van der Waals surface area contributed by atoms with Crippen molar-refractivity contribution >= 4 is 15.9 Å². The van der Waals surface area contributed by atoms with Crippen molar-refractivity contribution in [3.8, 4) is 28.2 Å². The van der Waals surface area contributed by atoms with Crippen molar-refractivity contribution in [2.45, 2.75) is 12.8 Å². The maximum absolute atomic E-state index is 13.9. The Hall–Kier alpha value is -2.83. The largest absolute Gasteiger partial charge is 0.418 e. The first kappa shape index (κ1) is 21.4. The van der Waals surface area contributed by atoms with Crippen LogP contribution < -0.4 is 0 Å². The van der Waals surface area contributed by atoms with Crippen LogP contribution in [0.25, 0.3) is 28.2 Å². The Balaban J connectivity index is 1.99. The quantitative estimate of drug-likeness (QED) is 0.282. The number of hydrogen-bond donors (Lipinski definition) is 0. The number of rotatable bonds is 5. The van der Waals surface area contributed by atoms with Gasteiger partial charge in [-0.1, -0.05) is 58.4 Å². The maximum atomic E-state index is 13.9. The zero-order valence-electron chi connectivity index (χ0n) is 16.7. The van der Waals surface area contributed by atoms with Gasteiger partial charge < -0.3 is 9.30 Å². The molecule has 0 bridgehead atoms. The molecule has 4 aromatic rings. The topological polar surface area (TPSA) is 14.2 Å². The van der Waals surface area contributed by atoms with Crippen molar-refractivity contribution in [1.29, 1.82) is 0 Å². The van der Waals surface area contributed by atoms with Crippen molar-refractivity contribution < 1.29 is 17.9 Å². The third kappa shape index (κ3) is 4.45. The molecule has 1 heterocycles. The van der Waals surface area contributed by atoms with Gasteiger partial charge in [-0.3, -0.25) is 0 Å². The molecule has 0 aliphatic carbocycles. The summed E-state index contributed by atoms with van der Waals surface area (Å²) in [5.41, 5.74) is 3.34. The lowest BCUT2D eigenvalue weighted by atomic mass is 10.1. The lowest BCUT2D eigenvalue weighted by molar-refractivity contribution is -0.137. The fraction of sp³-hybridized carbons (Fsp3) is 0.120. The van der Waals surface area contributed by atoms with E-state index < -0.39 is 11.7 Å². The molecule has 2 nitrogen and oxygen atoms in total. The molecule has 0 saturated heterocycles. The van der Waals surface area contributed by atoms with Gasteiger partial charge in [-0.25, -0.2) is 0 Å². The fourth-order valence-corrected chi connectivity index (χ4v) is 3.93. The van der Waals surface area contributed by atoms with Crippen LogP contribution >= 0.6 is 15.9 Å². The van der Waals surface area contributed by atoms with Crippen LogP contribution in [-0.2, 0) is 17.5 Å². The van der Waals surface area contributed by atoms with Crippen LogP contribution in [-0.4, -0.2) is 11.7 Å². The molecule has 0 atom stereocenters. The van der Waals surface area contributed by atoms with E-state index >= 15 is 0 Å². The minimum Gasteiger partial charge on any atom is -0.380 e. The van der Waals surface area contributed by atoms with Gasteiger partial charge in [0.25, 0.3) is 0 Å². The number of benzene rings is 3. The third-order valence-electron chi connectivity index (χ3n) is 5.00. The Morgan fingerprint density at radius 3 is 2.16 bits per heavy atom. The molecule has 158 valence electrons. The smallest absolute Gasteiger partial charge is 0.380 e. The van der Waals surface area contributed by atoms with Crippen LogP contribution in [0.2, 0.25) is 0 Å². The first-order chi connectivity index (χ1) is 14.9. The molecule has 0 unspecified atom stereocenters. The molecule has 0 fully saturated rings. The molecule has 6 heteroatoms. The summed E-state index contributed by atoms with van der Waals surface area (Å²) >= 11 is 3.42. The highest BCUT2D eigenvalue weighted by atomic mass is 79.9. The summed E-state index contributed by atoms with van der Waals surface area (Å²) in [5.74, 6) is 0. The van der Waals surface area contributed by atoms with Gasteiger partial charge in [0.2, 0.25) is 0 Å². The number of alkyl halides is 3. The normalized spacial score (nSPS) is 11.6. The summed E-state index contributed by atoms with van der Waals surface area (Å²) in [6.45, 7) is 0.424. The molecule has 0 aliphatic rings. The number of methoxy groups -OCH3 is 1. The van der Waals surface area contributed by atoms with Crippen LogP contribution in [0.1, 0.15) is 11.1 Å². The first-order valence-corrected chi connectivity index (χ1v) is 10.4. The number of halogens is 4.